The fraction of sp³-hybridized carbons (Fsp3) is 0.857. The third-order valence-electron chi connectivity index (χ3n) is 4.56. The molecule has 1 aliphatic heterocycles. The van der Waals surface area contributed by atoms with Gasteiger partial charge in [-0.2, -0.15) is 0 Å². The van der Waals surface area contributed by atoms with Crippen LogP contribution in [0, 0.1) is 17.8 Å². The van der Waals surface area contributed by atoms with Crippen molar-refractivity contribution in [2.24, 2.45) is 17.8 Å². The van der Waals surface area contributed by atoms with E-state index in [1.807, 2.05) is 18.7 Å². The van der Waals surface area contributed by atoms with Crippen LogP contribution in [-0.2, 0) is 4.79 Å². The molecule has 19 heavy (non-hydrogen) atoms. The Hall–Kier alpha value is -1.26. The van der Waals surface area contributed by atoms with Gasteiger partial charge in [-0.05, 0) is 31.6 Å². The van der Waals surface area contributed by atoms with Crippen LogP contribution in [0.25, 0.3) is 0 Å². The van der Waals surface area contributed by atoms with Crippen molar-refractivity contribution >= 4 is 12.0 Å². The Morgan fingerprint density at radius 2 is 2.00 bits per heavy atom. The van der Waals surface area contributed by atoms with Crippen LogP contribution in [0.15, 0.2) is 0 Å². The minimum atomic E-state index is -0.787. The topological polar surface area (TPSA) is 60.9 Å². The number of carboxylic acid groups (broad SMARTS) is 1. The fourth-order valence-corrected chi connectivity index (χ4v) is 2.97. The molecule has 1 heterocycles. The predicted molar refractivity (Wildman–Crippen MR) is 71.8 cm³/mol. The molecule has 0 aromatic heterocycles. The molecule has 108 valence electrons. The number of likely N-dealkylation sites (tertiary alicyclic amines) is 1. The van der Waals surface area contributed by atoms with E-state index < -0.39 is 11.9 Å². The molecule has 5 heteroatoms. The summed E-state index contributed by atoms with van der Waals surface area (Å²) in [6.07, 6.45) is 3.72. The number of amides is 2. The highest BCUT2D eigenvalue weighted by Gasteiger charge is 2.38. The number of carbonyl (C=O) groups is 2. The van der Waals surface area contributed by atoms with Gasteiger partial charge in [-0.1, -0.05) is 13.3 Å². The second-order valence-corrected chi connectivity index (χ2v) is 5.95. The zero-order valence-corrected chi connectivity index (χ0v) is 11.8. The Bertz CT molecular complexity index is 355. The zero-order chi connectivity index (χ0) is 14.0. The van der Waals surface area contributed by atoms with E-state index in [2.05, 4.69) is 0 Å². The van der Waals surface area contributed by atoms with Crippen LogP contribution < -0.4 is 0 Å². The van der Waals surface area contributed by atoms with Crippen LogP contribution in [-0.4, -0.2) is 53.1 Å². The van der Waals surface area contributed by atoms with Crippen molar-refractivity contribution in [1.82, 2.24) is 9.80 Å². The molecular weight excluding hydrogens is 244 g/mol. The van der Waals surface area contributed by atoms with E-state index in [-0.39, 0.29) is 11.9 Å². The van der Waals surface area contributed by atoms with Crippen molar-refractivity contribution < 1.29 is 14.7 Å². The third kappa shape index (κ3) is 3.01. The number of hydrogen-bond donors (Lipinski definition) is 1. The second kappa shape index (κ2) is 5.80. The average molecular weight is 268 g/mol. The predicted octanol–water partition coefficient (Wildman–Crippen LogP) is 1.88. The highest BCUT2D eigenvalue weighted by Crippen LogP contribution is 2.28. The number of carbonyl (C=O) groups excluding carboxylic acids is 1. The molecule has 2 amide bonds. The van der Waals surface area contributed by atoms with E-state index in [1.54, 1.807) is 4.90 Å². The number of carboxylic acids is 1. The van der Waals surface area contributed by atoms with E-state index in [4.69, 9.17) is 5.11 Å². The number of rotatable bonds is 4. The molecule has 0 bridgehead atoms. The van der Waals surface area contributed by atoms with E-state index in [1.165, 1.54) is 19.3 Å². The first-order valence-corrected chi connectivity index (χ1v) is 7.29. The zero-order valence-electron chi connectivity index (χ0n) is 11.8. The lowest BCUT2D eigenvalue weighted by atomic mass is 9.85. The van der Waals surface area contributed by atoms with Crippen LogP contribution in [0.1, 0.15) is 33.1 Å². The normalized spacial score (nSPS) is 27.2. The van der Waals surface area contributed by atoms with Crippen LogP contribution in [0.2, 0.25) is 0 Å². The van der Waals surface area contributed by atoms with Gasteiger partial charge in [-0.15, -0.1) is 0 Å². The van der Waals surface area contributed by atoms with Gasteiger partial charge in [0.15, 0.2) is 0 Å². The second-order valence-electron chi connectivity index (χ2n) is 5.95. The quantitative estimate of drug-likeness (QED) is 0.847. The highest BCUT2D eigenvalue weighted by molar-refractivity contribution is 5.77. The summed E-state index contributed by atoms with van der Waals surface area (Å²) in [5.41, 5.74) is 0. The third-order valence-corrected chi connectivity index (χ3v) is 4.56. The number of urea groups is 1. The van der Waals surface area contributed by atoms with Crippen LogP contribution in [0.5, 0.6) is 0 Å². The van der Waals surface area contributed by atoms with Gasteiger partial charge < -0.3 is 14.9 Å². The molecule has 2 atom stereocenters. The summed E-state index contributed by atoms with van der Waals surface area (Å²) >= 11 is 0. The Labute approximate surface area is 114 Å². The molecule has 1 N–H and O–H groups in total. The van der Waals surface area contributed by atoms with Crippen LogP contribution >= 0.6 is 0 Å². The summed E-state index contributed by atoms with van der Waals surface area (Å²) in [6, 6.07) is 0.0185. The molecule has 1 saturated carbocycles. The lowest BCUT2D eigenvalue weighted by Crippen LogP contribution is -2.45. The molecular formula is C14H24N2O3. The molecule has 2 unspecified atom stereocenters. The summed E-state index contributed by atoms with van der Waals surface area (Å²) < 4.78 is 0. The smallest absolute Gasteiger partial charge is 0.320 e. The van der Waals surface area contributed by atoms with Crippen molar-refractivity contribution in [2.75, 3.05) is 26.2 Å². The standard InChI is InChI=1S/C14H24N2O3/c1-3-15(8-11-5-4-6-11)14(19)16-7-10(2)12(9-16)13(17)18/h10-12H,3-9H2,1-2H3,(H,17,18). The maximum absolute atomic E-state index is 12.4. The molecule has 2 aliphatic rings. The van der Waals surface area contributed by atoms with Gasteiger partial charge in [0.2, 0.25) is 0 Å². The van der Waals surface area contributed by atoms with Gasteiger partial charge in [0, 0.05) is 26.2 Å². The van der Waals surface area contributed by atoms with E-state index in [0.717, 1.165) is 6.54 Å². The maximum Gasteiger partial charge on any atom is 0.320 e. The highest BCUT2D eigenvalue weighted by atomic mass is 16.4. The molecule has 0 aromatic rings. The van der Waals surface area contributed by atoms with Gasteiger partial charge in [-0.25, -0.2) is 4.79 Å². The van der Waals surface area contributed by atoms with Crippen molar-refractivity contribution in [3.05, 3.63) is 0 Å². The average Bonchev–Trinajstić information content (AvgIpc) is 2.69. The molecule has 5 nitrogen and oxygen atoms in total. The lowest BCUT2D eigenvalue weighted by molar-refractivity contribution is -0.142. The van der Waals surface area contributed by atoms with Crippen molar-refractivity contribution in [3.63, 3.8) is 0 Å². The van der Waals surface area contributed by atoms with Crippen LogP contribution in [0.4, 0.5) is 4.79 Å². The molecule has 0 radical (unpaired) electrons. The van der Waals surface area contributed by atoms with Gasteiger partial charge in [-0.3, -0.25) is 4.79 Å². The van der Waals surface area contributed by atoms with Gasteiger partial charge >= 0.3 is 12.0 Å². The Balaban J connectivity index is 1.92. The largest absolute Gasteiger partial charge is 0.481 e. The molecule has 0 aromatic carbocycles. The minimum Gasteiger partial charge on any atom is -0.481 e. The van der Waals surface area contributed by atoms with E-state index >= 15 is 0 Å². The Morgan fingerprint density at radius 1 is 1.32 bits per heavy atom. The number of hydrogen-bond acceptors (Lipinski definition) is 2. The summed E-state index contributed by atoms with van der Waals surface area (Å²) in [7, 11) is 0. The molecule has 2 rings (SSSR count). The molecule has 1 aliphatic carbocycles. The monoisotopic (exact) mass is 268 g/mol. The fourth-order valence-electron chi connectivity index (χ4n) is 2.97. The van der Waals surface area contributed by atoms with E-state index in [0.29, 0.717) is 25.6 Å². The first-order valence-electron chi connectivity index (χ1n) is 7.29. The lowest BCUT2D eigenvalue weighted by Gasteiger charge is -2.34. The molecule has 2 fully saturated rings. The first-order chi connectivity index (χ1) is 9.02. The molecule has 0 spiro atoms. The summed E-state index contributed by atoms with van der Waals surface area (Å²) in [5.74, 6) is -0.501. The van der Waals surface area contributed by atoms with Gasteiger partial charge in [0.25, 0.3) is 0 Å². The van der Waals surface area contributed by atoms with Crippen LogP contribution in [0.3, 0.4) is 0 Å². The SMILES string of the molecule is CCN(CC1CCC1)C(=O)N1CC(C)C(C(=O)O)C1. The van der Waals surface area contributed by atoms with Crippen molar-refractivity contribution in [2.45, 2.75) is 33.1 Å². The van der Waals surface area contributed by atoms with Crippen molar-refractivity contribution in [1.29, 1.82) is 0 Å². The van der Waals surface area contributed by atoms with E-state index in [9.17, 15) is 9.59 Å². The summed E-state index contributed by atoms with van der Waals surface area (Å²) in [5, 5.41) is 9.12. The maximum atomic E-state index is 12.4. The van der Waals surface area contributed by atoms with Crippen molar-refractivity contribution in [3.8, 4) is 0 Å². The van der Waals surface area contributed by atoms with Gasteiger partial charge in [0.05, 0.1) is 5.92 Å². The first kappa shape index (κ1) is 14.2. The number of nitrogens with zero attached hydrogens (tertiary/aromatic N) is 2. The summed E-state index contributed by atoms with van der Waals surface area (Å²) in [6.45, 7) is 6.36. The van der Waals surface area contributed by atoms with Gasteiger partial charge in [0.1, 0.15) is 0 Å². The Morgan fingerprint density at radius 3 is 2.42 bits per heavy atom. The molecule has 1 saturated heterocycles. The number of aliphatic carboxylic acids is 1. The minimum absolute atomic E-state index is 0.0185. The summed E-state index contributed by atoms with van der Waals surface area (Å²) in [4.78, 5) is 27.1. The Kier molecular flexibility index (Phi) is 4.32.